The van der Waals surface area contributed by atoms with Gasteiger partial charge in [0.2, 0.25) is 0 Å². The first-order chi connectivity index (χ1) is 11.5. The van der Waals surface area contributed by atoms with Crippen LogP contribution in [0.3, 0.4) is 0 Å². The van der Waals surface area contributed by atoms with E-state index in [2.05, 4.69) is 20.8 Å². The summed E-state index contributed by atoms with van der Waals surface area (Å²) in [6.45, 7) is 6.25. The van der Waals surface area contributed by atoms with Crippen molar-refractivity contribution in [2.24, 2.45) is 16.8 Å². The van der Waals surface area contributed by atoms with Crippen molar-refractivity contribution < 1.29 is 14.9 Å². The van der Waals surface area contributed by atoms with E-state index in [0.29, 0.717) is 11.8 Å². The van der Waals surface area contributed by atoms with Crippen molar-refractivity contribution in [1.82, 2.24) is 0 Å². The van der Waals surface area contributed by atoms with Gasteiger partial charge in [0.25, 0.3) is 0 Å². The van der Waals surface area contributed by atoms with E-state index in [1.807, 2.05) is 0 Å². The molecule has 130 valence electrons. The van der Waals surface area contributed by atoms with Gasteiger partial charge < -0.3 is 4.74 Å². The first kappa shape index (κ1) is 16.1. The third kappa shape index (κ3) is 1.90. The van der Waals surface area contributed by atoms with Crippen molar-refractivity contribution in [2.75, 3.05) is 7.11 Å². The Morgan fingerprint density at radius 1 is 1.04 bits per heavy atom. The van der Waals surface area contributed by atoms with E-state index in [1.54, 1.807) is 7.11 Å². The second kappa shape index (κ2) is 5.57. The van der Waals surface area contributed by atoms with Crippen LogP contribution in [0.2, 0.25) is 0 Å². The number of rotatable bonds is 2. The van der Waals surface area contributed by atoms with Crippen LogP contribution in [-0.2, 0) is 10.5 Å². The largest absolute Gasteiger partial charge is 0.496 e. The van der Waals surface area contributed by atoms with Gasteiger partial charge in [-0.2, -0.15) is 0 Å². The summed E-state index contributed by atoms with van der Waals surface area (Å²) in [4.78, 5) is 10.3. The lowest BCUT2D eigenvalue weighted by molar-refractivity contribution is -0.310. The van der Waals surface area contributed by atoms with Crippen LogP contribution < -0.4 is 4.74 Å². The molecule has 0 spiro atoms. The van der Waals surface area contributed by atoms with Crippen molar-refractivity contribution >= 4 is 11.4 Å². The molecule has 3 atom stereocenters. The third-order valence-corrected chi connectivity index (χ3v) is 6.75. The van der Waals surface area contributed by atoms with Gasteiger partial charge in [-0.25, -0.2) is 4.89 Å². The molecule has 0 bridgehead atoms. The monoisotopic (exact) mass is 329 g/mol. The molecule has 4 nitrogen and oxygen atoms in total. The summed E-state index contributed by atoms with van der Waals surface area (Å²) in [5.41, 5.74) is 5.66. The molecule has 0 amide bonds. The topological polar surface area (TPSA) is 51.0 Å². The molecule has 4 rings (SSSR count). The zero-order valence-electron chi connectivity index (χ0n) is 15.1. The predicted molar refractivity (Wildman–Crippen MR) is 94.4 cm³/mol. The summed E-state index contributed by atoms with van der Waals surface area (Å²) in [5, 5.41) is 10.0. The molecule has 1 aliphatic heterocycles. The van der Waals surface area contributed by atoms with Crippen LogP contribution >= 0.6 is 0 Å². The molecule has 1 aromatic rings. The number of ether oxygens (including phenoxy) is 1. The zero-order valence-corrected chi connectivity index (χ0v) is 15.1. The van der Waals surface area contributed by atoms with Gasteiger partial charge in [0, 0.05) is 17.0 Å². The molecule has 2 aliphatic carbocycles. The molecule has 4 heteroatoms. The van der Waals surface area contributed by atoms with E-state index >= 15 is 0 Å². The standard InChI is InChI=1S/C20H27NO3/c1-11-12(2)18(23-4)13(3)16-17(11)21-19-15-8-6-5-7-14(15)9-10-20(16,19)24-22/h14-15,22H,5-10H2,1-4H3/t14-,15+,20?/m1/s1. The van der Waals surface area contributed by atoms with Crippen LogP contribution in [0.4, 0.5) is 5.69 Å². The summed E-state index contributed by atoms with van der Waals surface area (Å²) in [5.74, 6) is 2.03. The van der Waals surface area contributed by atoms with Crippen molar-refractivity contribution in [1.29, 1.82) is 0 Å². The van der Waals surface area contributed by atoms with Gasteiger partial charge in [-0.15, -0.1) is 0 Å². The Kier molecular flexibility index (Phi) is 3.73. The van der Waals surface area contributed by atoms with E-state index in [-0.39, 0.29) is 0 Å². The molecule has 0 radical (unpaired) electrons. The third-order valence-electron chi connectivity index (χ3n) is 6.75. The summed E-state index contributed by atoms with van der Waals surface area (Å²) >= 11 is 0. The highest BCUT2D eigenvalue weighted by Crippen LogP contribution is 2.57. The average molecular weight is 329 g/mol. The van der Waals surface area contributed by atoms with Gasteiger partial charge in [-0.05, 0) is 63.5 Å². The molecule has 1 N–H and O–H groups in total. The van der Waals surface area contributed by atoms with Crippen LogP contribution in [-0.4, -0.2) is 18.1 Å². The molecule has 3 aliphatic rings. The molecule has 1 aromatic carbocycles. The van der Waals surface area contributed by atoms with Crippen LogP contribution in [0.1, 0.15) is 60.8 Å². The number of benzene rings is 1. The highest BCUT2D eigenvalue weighted by atomic mass is 17.1. The minimum atomic E-state index is -0.760. The fourth-order valence-corrected chi connectivity index (χ4v) is 5.46. The molecule has 0 saturated heterocycles. The number of hydrogen-bond donors (Lipinski definition) is 1. The number of nitrogens with zero attached hydrogens (tertiary/aromatic N) is 1. The van der Waals surface area contributed by atoms with Crippen LogP contribution in [0, 0.1) is 32.6 Å². The SMILES string of the molecule is COc1c(C)c(C)c2c(c1C)C1(OO)CC[C@H]3CCCC[C@@H]3C1=N2. The molecular weight excluding hydrogens is 302 g/mol. The lowest BCUT2D eigenvalue weighted by Crippen LogP contribution is -2.47. The summed E-state index contributed by atoms with van der Waals surface area (Å²) < 4.78 is 5.67. The predicted octanol–water partition coefficient (Wildman–Crippen LogP) is 4.99. The molecule has 2 fully saturated rings. The van der Waals surface area contributed by atoms with Gasteiger partial charge >= 0.3 is 0 Å². The normalized spacial score (nSPS) is 31.1. The molecule has 1 heterocycles. The molecule has 1 unspecified atom stereocenters. The maximum Gasteiger partial charge on any atom is 0.169 e. The van der Waals surface area contributed by atoms with E-state index in [9.17, 15) is 5.26 Å². The molecular formula is C20H27NO3. The Hall–Kier alpha value is -1.39. The van der Waals surface area contributed by atoms with Crippen molar-refractivity contribution in [3.05, 3.63) is 22.3 Å². The minimum Gasteiger partial charge on any atom is -0.496 e. The number of methoxy groups -OCH3 is 1. The number of hydrogen-bond acceptors (Lipinski definition) is 4. The molecule has 24 heavy (non-hydrogen) atoms. The Morgan fingerprint density at radius 2 is 1.79 bits per heavy atom. The average Bonchev–Trinajstić information content (AvgIpc) is 2.96. The van der Waals surface area contributed by atoms with Gasteiger partial charge in [0.05, 0.1) is 18.5 Å². The van der Waals surface area contributed by atoms with Crippen LogP contribution in [0.5, 0.6) is 5.75 Å². The quantitative estimate of drug-likeness (QED) is 0.614. The van der Waals surface area contributed by atoms with Crippen molar-refractivity contribution in [2.45, 2.75) is 64.9 Å². The lowest BCUT2D eigenvalue weighted by Gasteiger charge is -2.44. The second-order valence-electron chi connectivity index (χ2n) is 7.74. The van der Waals surface area contributed by atoms with E-state index in [1.165, 1.54) is 19.3 Å². The van der Waals surface area contributed by atoms with E-state index in [0.717, 1.165) is 58.7 Å². The smallest absolute Gasteiger partial charge is 0.169 e. The maximum atomic E-state index is 10.0. The summed E-state index contributed by atoms with van der Waals surface area (Å²) in [7, 11) is 1.71. The van der Waals surface area contributed by atoms with Gasteiger partial charge in [-0.1, -0.05) is 12.8 Å². The van der Waals surface area contributed by atoms with Gasteiger partial charge in [-0.3, -0.25) is 10.2 Å². The van der Waals surface area contributed by atoms with E-state index in [4.69, 9.17) is 14.6 Å². The number of aliphatic imine (C=N–C) groups is 1. The second-order valence-corrected chi connectivity index (χ2v) is 7.74. The van der Waals surface area contributed by atoms with Crippen LogP contribution in [0.25, 0.3) is 0 Å². The highest BCUT2D eigenvalue weighted by Gasteiger charge is 2.55. The Bertz CT molecular complexity index is 724. The Morgan fingerprint density at radius 3 is 2.50 bits per heavy atom. The van der Waals surface area contributed by atoms with Crippen LogP contribution in [0.15, 0.2) is 4.99 Å². The Balaban J connectivity index is 1.95. The zero-order chi connectivity index (χ0) is 17.1. The fourth-order valence-electron chi connectivity index (χ4n) is 5.46. The van der Waals surface area contributed by atoms with Gasteiger partial charge in [0.1, 0.15) is 5.75 Å². The van der Waals surface area contributed by atoms with Gasteiger partial charge in [0.15, 0.2) is 5.60 Å². The Labute approximate surface area is 143 Å². The van der Waals surface area contributed by atoms with E-state index < -0.39 is 5.60 Å². The molecule has 0 aromatic heterocycles. The van der Waals surface area contributed by atoms with Crippen molar-refractivity contribution in [3.63, 3.8) is 0 Å². The summed E-state index contributed by atoms with van der Waals surface area (Å²) in [6.07, 6.45) is 6.91. The number of fused-ring (bicyclic) bond motifs is 5. The first-order valence-corrected chi connectivity index (χ1v) is 9.15. The fraction of sp³-hybridized carbons (Fsp3) is 0.650. The first-order valence-electron chi connectivity index (χ1n) is 9.15. The molecule has 2 saturated carbocycles. The highest BCUT2D eigenvalue weighted by molar-refractivity contribution is 6.04. The minimum absolute atomic E-state index is 0.442. The maximum absolute atomic E-state index is 10.0. The van der Waals surface area contributed by atoms with Crippen molar-refractivity contribution in [3.8, 4) is 5.75 Å². The summed E-state index contributed by atoms with van der Waals surface area (Å²) in [6, 6.07) is 0. The lowest BCUT2D eigenvalue weighted by atomic mass is 9.63.